The number of ether oxygens (including phenoxy) is 1. The maximum Gasteiger partial charge on any atom is 0.229 e. The van der Waals surface area contributed by atoms with Crippen LogP contribution in [0.1, 0.15) is 48.8 Å². The molecule has 0 aliphatic rings. The van der Waals surface area contributed by atoms with Gasteiger partial charge in [-0.25, -0.2) is 0 Å². The van der Waals surface area contributed by atoms with E-state index in [1.807, 2.05) is 13.8 Å². The first kappa shape index (κ1) is 14.7. The molecule has 0 aliphatic heterocycles. The number of ketones is 1. The molecule has 0 amide bonds. The molecule has 0 bridgehead atoms. The zero-order valence-electron chi connectivity index (χ0n) is 11.5. The Balaban J connectivity index is 2.13. The molecule has 0 aliphatic carbocycles. The molecule has 1 heterocycles. The molecule has 1 aromatic carbocycles. The van der Waals surface area contributed by atoms with E-state index in [2.05, 4.69) is 26.1 Å². The van der Waals surface area contributed by atoms with Gasteiger partial charge in [-0.15, -0.1) is 0 Å². The molecule has 0 atom stereocenters. The number of carbonyl (C=O) groups excluding carboxylic acids is 1. The monoisotopic (exact) mass is 338 g/mol. The summed E-state index contributed by atoms with van der Waals surface area (Å²) >= 11 is 3.35. The Morgan fingerprint density at radius 3 is 2.80 bits per heavy atom. The van der Waals surface area contributed by atoms with E-state index >= 15 is 0 Å². The highest BCUT2D eigenvalue weighted by molar-refractivity contribution is 9.10. The summed E-state index contributed by atoms with van der Waals surface area (Å²) in [6.45, 7) is 5.61. The standard InChI is InChI=1S/C14H15BrN2O3/c1-8(2)14-16-13(17-20-14)7-19-12-6-10(15)4-5-11(12)9(3)18/h4-6,8H,7H2,1-3H3. The van der Waals surface area contributed by atoms with Gasteiger partial charge in [0.25, 0.3) is 0 Å². The van der Waals surface area contributed by atoms with Gasteiger partial charge in [-0.05, 0) is 25.1 Å². The number of nitrogens with zero attached hydrogens (tertiary/aromatic N) is 2. The van der Waals surface area contributed by atoms with Crippen molar-refractivity contribution in [1.29, 1.82) is 0 Å². The third-order valence-electron chi connectivity index (χ3n) is 2.66. The molecule has 0 radical (unpaired) electrons. The van der Waals surface area contributed by atoms with Gasteiger partial charge in [0, 0.05) is 10.4 Å². The molecule has 2 aromatic rings. The van der Waals surface area contributed by atoms with Gasteiger partial charge in [0.1, 0.15) is 5.75 Å². The molecule has 106 valence electrons. The number of benzene rings is 1. The average Bonchev–Trinajstić information content (AvgIpc) is 2.85. The number of rotatable bonds is 5. The normalized spacial score (nSPS) is 10.8. The van der Waals surface area contributed by atoms with Crippen molar-refractivity contribution >= 4 is 21.7 Å². The van der Waals surface area contributed by atoms with Gasteiger partial charge in [0.05, 0.1) is 5.56 Å². The predicted octanol–water partition coefficient (Wildman–Crippen LogP) is 3.74. The van der Waals surface area contributed by atoms with Crippen LogP contribution < -0.4 is 4.74 Å². The van der Waals surface area contributed by atoms with Crippen molar-refractivity contribution in [2.24, 2.45) is 0 Å². The second-order valence-corrected chi connectivity index (χ2v) is 5.60. The number of halogens is 1. The summed E-state index contributed by atoms with van der Waals surface area (Å²) in [4.78, 5) is 15.8. The van der Waals surface area contributed by atoms with E-state index < -0.39 is 0 Å². The van der Waals surface area contributed by atoms with E-state index in [0.29, 0.717) is 23.0 Å². The van der Waals surface area contributed by atoms with Crippen LogP contribution in [0.3, 0.4) is 0 Å². The number of hydrogen-bond donors (Lipinski definition) is 0. The fraction of sp³-hybridized carbons (Fsp3) is 0.357. The van der Waals surface area contributed by atoms with Gasteiger partial charge in [-0.2, -0.15) is 4.98 Å². The van der Waals surface area contributed by atoms with E-state index in [1.165, 1.54) is 6.92 Å². The molecule has 0 unspecified atom stereocenters. The number of aromatic nitrogens is 2. The molecule has 0 saturated heterocycles. The molecule has 20 heavy (non-hydrogen) atoms. The largest absolute Gasteiger partial charge is 0.485 e. The third kappa shape index (κ3) is 3.45. The molecule has 6 heteroatoms. The average molecular weight is 339 g/mol. The molecular weight excluding hydrogens is 324 g/mol. The first-order valence-electron chi connectivity index (χ1n) is 6.23. The Labute approximate surface area is 125 Å². The highest BCUT2D eigenvalue weighted by atomic mass is 79.9. The van der Waals surface area contributed by atoms with Gasteiger partial charge in [0.2, 0.25) is 11.7 Å². The SMILES string of the molecule is CC(=O)c1ccc(Br)cc1OCc1noc(C(C)C)n1. The van der Waals surface area contributed by atoms with Crippen molar-refractivity contribution in [3.63, 3.8) is 0 Å². The first-order valence-corrected chi connectivity index (χ1v) is 7.02. The van der Waals surface area contributed by atoms with Crippen LogP contribution in [0.5, 0.6) is 5.75 Å². The second-order valence-electron chi connectivity index (χ2n) is 4.69. The van der Waals surface area contributed by atoms with Crippen LogP contribution in [0, 0.1) is 0 Å². The predicted molar refractivity (Wildman–Crippen MR) is 76.9 cm³/mol. The summed E-state index contributed by atoms with van der Waals surface area (Å²) in [5.41, 5.74) is 0.528. The van der Waals surface area contributed by atoms with Crippen LogP contribution >= 0.6 is 15.9 Å². The molecule has 0 N–H and O–H groups in total. The summed E-state index contributed by atoms with van der Waals surface area (Å²) in [6.07, 6.45) is 0. The van der Waals surface area contributed by atoms with Gasteiger partial charge in [-0.1, -0.05) is 34.9 Å². The lowest BCUT2D eigenvalue weighted by molar-refractivity contribution is 0.101. The summed E-state index contributed by atoms with van der Waals surface area (Å²) in [6, 6.07) is 5.27. The summed E-state index contributed by atoms with van der Waals surface area (Å²) in [7, 11) is 0. The highest BCUT2D eigenvalue weighted by Gasteiger charge is 2.13. The van der Waals surface area contributed by atoms with Crippen molar-refractivity contribution in [1.82, 2.24) is 10.1 Å². The van der Waals surface area contributed by atoms with Gasteiger partial charge in [-0.3, -0.25) is 4.79 Å². The first-order chi connectivity index (χ1) is 9.47. The third-order valence-corrected chi connectivity index (χ3v) is 3.15. The maximum atomic E-state index is 11.5. The van der Waals surface area contributed by atoms with E-state index in [1.54, 1.807) is 18.2 Å². The Morgan fingerprint density at radius 2 is 2.20 bits per heavy atom. The fourth-order valence-corrected chi connectivity index (χ4v) is 1.95. The lowest BCUT2D eigenvalue weighted by atomic mass is 10.1. The van der Waals surface area contributed by atoms with E-state index in [-0.39, 0.29) is 18.3 Å². The van der Waals surface area contributed by atoms with Gasteiger partial charge in [0.15, 0.2) is 12.4 Å². The minimum absolute atomic E-state index is 0.0523. The van der Waals surface area contributed by atoms with Crippen LogP contribution in [0.2, 0.25) is 0 Å². The van der Waals surface area contributed by atoms with Crippen molar-refractivity contribution in [2.45, 2.75) is 33.3 Å². The van der Waals surface area contributed by atoms with Crippen molar-refractivity contribution in [3.8, 4) is 5.75 Å². The zero-order valence-corrected chi connectivity index (χ0v) is 13.1. The molecule has 0 fully saturated rings. The minimum atomic E-state index is -0.0523. The Kier molecular flexibility index (Phi) is 4.54. The van der Waals surface area contributed by atoms with Crippen LogP contribution in [0.15, 0.2) is 27.2 Å². The molecule has 1 aromatic heterocycles. The number of hydrogen-bond acceptors (Lipinski definition) is 5. The van der Waals surface area contributed by atoms with E-state index in [0.717, 1.165) is 4.47 Å². The fourth-order valence-electron chi connectivity index (χ4n) is 1.61. The van der Waals surface area contributed by atoms with Crippen LogP contribution in [-0.2, 0) is 6.61 Å². The highest BCUT2D eigenvalue weighted by Crippen LogP contribution is 2.25. The summed E-state index contributed by atoms with van der Waals surface area (Å²) < 4.78 is 11.6. The van der Waals surface area contributed by atoms with Crippen molar-refractivity contribution in [3.05, 3.63) is 40.0 Å². The lowest BCUT2D eigenvalue weighted by Crippen LogP contribution is -2.03. The summed E-state index contributed by atoms with van der Waals surface area (Å²) in [5, 5.41) is 3.84. The van der Waals surface area contributed by atoms with Crippen LogP contribution in [0.25, 0.3) is 0 Å². The Hall–Kier alpha value is -1.69. The molecular formula is C14H15BrN2O3. The second kappa shape index (κ2) is 6.17. The van der Waals surface area contributed by atoms with Crippen LogP contribution in [0.4, 0.5) is 0 Å². The topological polar surface area (TPSA) is 65.2 Å². The van der Waals surface area contributed by atoms with E-state index in [9.17, 15) is 4.79 Å². The maximum absolute atomic E-state index is 11.5. The van der Waals surface area contributed by atoms with Crippen molar-refractivity contribution in [2.75, 3.05) is 0 Å². The quantitative estimate of drug-likeness (QED) is 0.777. The van der Waals surface area contributed by atoms with Crippen molar-refractivity contribution < 1.29 is 14.1 Å². The summed E-state index contributed by atoms with van der Waals surface area (Å²) in [5.74, 6) is 1.66. The Morgan fingerprint density at radius 1 is 1.45 bits per heavy atom. The number of Topliss-reactive ketones (excluding diaryl/α,β-unsaturated/α-hetero) is 1. The van der Waals surface area contributed by atoms with E-state index in [4.69, 9.17) is 9.26 Å². The molecule has 2 rings (SSSR count). The van der Waals surface area contributed by atoms with Gasteiger partial charge >= 0.3 is 0 Å². The van der Waals surface area contributed by atoms with Gasteiger partial charge < -0.3 is 9.26 Å². The smallest absolute Gasteiger partial charge is 0.229 e. The van der Waals surface area contributed by atoms with Crippen LogP contribution in [-0.4, -0.2) is 15.9 Å². The zero-order chi connectivity index (χ0) is 14.7. The molecule has 0 saturated carbocycles. The lowest BCUT2D eigenvalue weighted by Gasteiger charge is -2.08. The Bertz CT molecular complexity index is 623. The minimum Gasteiger partial charge on any atom is -0.485 e. The molecule has 0 spiro atoms. The molecule has 5 nitrogen and oxygen atoms in total. The number of carbonyl (C=O) groups is 1.